The topological polar surface area (TPSA) is 46.1 Å². The van der Waals surface area contributed by atoms with E-state index in [1.54, 1.807) is 19.2 Å². The van der Waals surface area contributed by atoms with Crippen LogP contribution in [0.25, 0.3) is 0 Å². The number of aliphatic imine (C=N–C) groups is 1. The average Bonchev–Trinajstić information content (AvgIpc) is 3.12. The average molecular weight is 349 g/mol. The van der Waals surface area contributed by atoms with Crippen LogP contribution in [0.15, 0.2) is 29.3 Å². The molecule has 1 aromatic carbocycles. The first-order valence-electron chi connectivity index (χ1n) is 9.14. The highest BCUT2D eigenvalue weighted by atomic mass is 19.1. The quantitative estimate of drug-likeness (QED) is 0.671. The fraction of sp³-hybridized carbons (Fsp3) is 0.632. The lowest BCUT2D eigenvalue weighted by atomic mass is 10.1. The van der Waals surface area contributed by atoms with Crippen LogP contribution in [0.2, 0.25) is 0 Å². The van der Waals surface area contributed by atoms with Crippen molar-refractivity contribution >= 4 is 5.96 Å². The molecule has 3 atom stereocenters. The summed E-state index contributed by atoms with van der Waals surface area (Å²) in [5, 5.41) is 3.45. The molecule has 138 valence electrons. The molecule has 2 aliphatic rings. The molecule has 0 amide bonds. The number of nitrogens with zero attached hydrogens (tertiary/aromatic N) is 2. The van der Waals surface area contributed by atoms with Gasteiger partial charge in [-0.05, 0) is 43.9 Å². The summed E-state index contributed by atoms with van der Waals surface area (Å²) in [7, 11) is 1.81. The number of halogens is 1. The molecule has 1 aromatic rings. The van der Waals surface area contributed by atoms with Gasteiger partial charge in [-0.3, -0.25) is 4.99 Å². The number of guanidine groups is 1. The van der Waals surface area contributed by atoms with Crippen LogP contribution in [-0.2, 0) is 9.47 Å². The van der Waals surface area contributed by atoms with E-state index >= 15 is 0 Å². The Morgan fingerprint density at radius 2 is 2.12 bits per heavy atom. The van der Waals surface area contributed by atoms with Crippen LogP contribution in [0.1, 0.15) is 37.9 Å². The summed E-state index contributed by atoms with van der Waals surface area (Å²) < 4.78 is 24.9. The minimum absolute atomic E-state index is 0.0823. The summed E-state index contributed by atoms with van der Waals surface area (Å²) in [6.07, 6.45) is 3.70. The molecule has 3 rings (SSSR count). The van der Waals surface area contributed by atoms with Crippen molar-refractivity contribution < 1.29 is 13.9 Å². The van der Waals surface area contributed by atoms with E-state index in [0.29, 0.717) is 12.6 Å². The predicted octanol–water partition coefficient (Wildman–Crippen LogP) is 2.73. The second kappa shape index (κ2) is 8.63. The molecule has 0 saturated carbocycles. The summed E-state index contributed by atoms with van der Waals surface area (Å²) in [4.78, 5) is 6.65. The molecule has 6 heteroatoms. The van der Waals surface area contributed by atoms with Crippen molar-refractivity contribution in [2.24, 2.45) is 4.99 Å². The highest BCUT2D eigenvalue weighted by Gasteiger charge is 2.28. The summed E-state index contributed by atoms with van der Waals surface area (Å²) in [5.41, 5.74) is 0.993. The van der Waals surface area contributed by atoms with Gasteiger partial charge in [-0.1, -0.05) is 12.1 Å². The largest absolute Gasteiger partial charge is 0.378 e. The molecular weight excluding hydrogens is 321 g/mol. The first-order valence-corrected chi connectivity index (χ1v) is 9.14. The maximum absolute atomic E-state index is 13.2. The standard InChI is InChI=1S/C19H28FN3O2/c1-14-12-23(13-18(25-14)15-5-7-16(20)8-6-15)19(21-2)22-10-9-17-4-3-11-24-17/h5-8,14,17-18H,3-4,9-13H2,1-2H3,(H,21,22). The smallest absolute Gasteiger partial charge is 0.193 e. The molecule has 0 bridgehead atoms. The Morgan fingerprint density at radius 1 is 1.32 bits per heavy atom. The second-order valence-corrected chi connectivity index (χ2v) is 6.79. The van der Waals surface area contributed by atoms with E-state index in [2.05, 4.69) is 22.1 Å². The van der Waals surface area contributed by atoms with Gasteiger partial charge in [0.15, 0.2) is 5.96 Å². The van der Waals surface area contributed by atoms with Crippen molar-refractivity contribution in [1.82, 2.24) is 10.2 Å². The first kappa shape index (κ1) is 18.1. The van der Waals surface area contributed by atoms with Crippen molar-refractivity contribution in [2.75, 3.05) is 33.3 Å². The lowest BCUT2D eigenvalue weighted by molar-refractivity contribution is -0.0605. The number of ether oxygens (including phenoxy) is 2. The zero-order valence-corrected chi connectivity index (χ0v) is 15.1. The Labute approximate surface area is 149 Å². The fourth-order valence-electron chi connectivity index (χ4n) is 3.54. The summed E-state index contributed by atoms with van der Waals surface area (Å²) >= 11 is 0. The Morgan fingerprint density at radius 3 is 2.80 bits per heavy atom. The van der Waals surface area contributed by atoms with E-state index in [9.17, 15) is 4.39 Å². The highest BCUT2D eigenvalue weighted by Crippen LogP contribution is 2.25. The molecule has 0 aromatic heterocycles. The highest BCUT2D eigenvalue weighted by molar-refractivity contribution is 5.80. The molecule has 2 saturated heterocycles. The molecule has 0 radical (unpaired) electrons. The van der Waals surface area contributed by atoms with Gasteiger partial charge in [0.05, 0.1) is 18.8 Å². The van der Waals surface area contributed by atoms with Gasteiger partial charge in [-0.15, -0.1) is 0 Å². The van der Waals surface area contributed by atoms with Crippen LogP contribution in [-0.4, -0.2) is 56.4 Å². The molecule has 2 fully saturated rings. The minimum Gasteiger partial charge on any atom is -0.378 e. The van der Waals surface area contributed by atoms with Gasteiger partial charge in [-0.25, -0.2) is 4.39 Å². The van der Waals surface area contributed by atoms with E-state index in [-0.39, 0.29) is 18.0 Å². The van der Waals surface area contributed by atoms with Crippen molar-refractivity contribution in [3.63, 3.8) is 0 Å². The Bertz CT molecular complexity index is 573. The second-order valence-electron chi connectivity index (χ2n) is 6.79. The molecule has 2 heterocycles. The van der Waals surface area contributed by atoms with Crippen LogP contribution in [0.4, 0.5) is 4.39 Å². The SMILES string of the molecule is CN=C(NCCC1CCCO1)N1CC(C)OC(c2ccc(F)cc2)C1. The third kappa shape index (κ3) is 4.92. The fourth-order valence-corrected chi connectivity index (χ4v) is 3.54. The maximum atomic E-state index is 13.2. The number of nitrogens with one attached hydrogen (secondary N) is 1. The van der Waals surface area contributed by atoms with Gasteiger partial charge in [-0.2, -0.15) is 0 Å². The van der Waals surface area contributed by atoms with Crippen molar-refractivity contribution in [3.05, 3.63) is 35.6 Å². The van der Waals surface area contributed by atoms with Crippen LogP contribution < -0.4 is 5.32 Å². The third-order valence-electron chi connectivity index (χ3n) is 4.79. The van der Waals surface area contributed by atoms with Gasteiger partial charge in [0.2, 0.25) is 0 Å². The van der Waals surface area contributed by atoms with Crippen LogP contribution >= 0.6 is 0 Å². The summed E-state index contributed by atoms with van der Waals surface area (Å²) in [6.45, 7) is 5.29. The van der Waals surface area contributed by atoms with Gasteiger partial charge in [0, 0.05) is 26.7 Å². The number of hydrogen-bond acceptors (Lipinski definition) is 3. The Kier molecular flexibility index (Phi) is 6.26. The summed E-state index contributed by atoms with van der Waals surface area (Å²) in [5.74, 6) is 0.663. The van der Waals surface area contributed by atoms with E-state index in [0.717, 1.165) is 44.1 Å². The lowest BCUT2D eigenvalue weighted by Crippen LogP contribution is -2.51. The number of morpholine rings is 1. The van der Waals surface area contributed by atoms with Crippen LogP contribution in [0.3, 0.4) is 0 Å². The lowest BCUT2D eigenvalue weighted by Gasteiger charge is -2.38. The molecule has 3 unspecified atom stereocenters. The maximum Gasteiger partial charge on any atom is 0.193 e. The van der Waals surface area contributed by atoms with Crippen molar-refractivity contribution in [3.8, 4) is 0 Å². The van der Waals surface area contributed by atoms with E-state index < -0.39 is 0 Å². The van der Waals surface area contributed by atoms with Gasteiger partial charge in [0.25, 0.3) is 0 Å². The van der Waals surface area contributed by atoms with E-state index in [4.69, 9.17) is 9.47 Å². The predicted molar refractivity (Wildman–Crippen MR) is 96.2 cm³/mol. The molecule has 1 N–H and O–H groups in total. The number of benzene rings is 1. The number of hydrogen-bond donors (Lipinski definition) is 1. The van der Waals surface area contributed by atoms with E-state index in [1.807, 2.05) is 0 Å². The van der Waals surface area contributed by atoms with Gasteiger partial charge >= 0.3 is 0 Å². The third-order valence-corrected chi connectivity index (χ3v) is 4.79. The molecular formula is C19H28FN3O2. The molecule has 5 nitrogen and oxygen atoms in total. The monoisotopic (exact) mass is 349 g/mol. The number of rotatable bonds is 4. The summed E-state index contributed by atoms with van der Waals surface area (Å²) in [6, 6.07) is 6.56. The molecule has 0 spiro atoms. The zero-order valence-electron chi connectivity index (χ0n) is 15.1. The Balaban J connectivity index is 1.57. The normalized spacial score (nSPS) is 27.6. The Hall–Kier alpha value is -1.66. The zero-order chi connectivity index (χ0) is 17.6. The van der Waals surface area contributed by atoms with Gasteiger partial charge < -0.3 is 19.7 Å². The van der Waals surface area contributed by atoms with E-state index in [1.165, 1.54) is 18.6 Å². The first-order chi connectivity index (χ1) is 12.2. The van der Waals surface area contributed by atoms with Gasteiger partial charge in [0.1, 0.15) is 11.9 Å². The molecule has 0 aliphatic carbocycles. The molecule has 25 heavy (non-hydrogen) atoms. The van der Waals surface area contributed by atoms with Crippen LogP contribution in [0, 0.1) is 5.82 Å². The van der Waals surface area contributed by atoms with Crippen LogP contribution in [0.5, 0.6) is 0 Å². The molecule has 2 aliphatic heterocycles. The minimum atomic E-state index is -0.226. The van der Waals surface area contributed by atoms with Crippen molar-refractivity contribution in [2.45, 2.75) is 44.5 Å². The van der Waals surface area contributed by atoms with Crippen molar-refractivity contribution in [1.29, 1.82) is 0 Å².